The number of anilines is 1. The molecule has 1 amide bonds. The van der Waals surface area contributed by atoms with Crippen LogP contribution in [0.1, 0.15) is 33.3 Å². The highest BCUT2D eigenvalue weighted by atomic mass is 16.6. The minimum Gasteiger partial charge on any atom is -0.444 e. The Hall–Kier alpha value is -1.78. The lowest BCUT2D eigenvalue weighted by atomic mass is 10.2. The van der Waals surface area contributed by atoms with Crippen LogP contribution in [0.5, 0.6) is 0 Å². The van der Waals surface area contributed by atoms with Crippen molar-refractivity contribution < 1.29 is 9.53 Å². The number of aryl methyl sites for hydroxylation is 1. The average Bonchev–Trinajstić information content (AvgIpc) is 2.36. The van der Waals surface area contributed by atoms with Gasteiger partial charge in [0.2, 0.25) is 0 Å². The molecule has 0 bridgehead atoms. The van der Waals surface area contributed by atoms with E-state index in [2.05, 4.69) is 22.9 Å². The number of ether oxygens (including phenoxy) is 1. The zero-order chi connectivity index (χ0) is 15.6. The summed E-state index contributed by atoms with van der Waals surface area (Å²) in [6, 6.07) is 4.18. The van der Waals surface area contributed by atoms with E-state index in [9.17, 15) is 4.79 Å². The Labute approximate surface area is 126 Å². The lowest BCUT2D eigenvalue weighted by Crippen LogP contribution is -2.55. The third-order valence-electron chi connectivity index (χ3n) is 3.48. The van der Waals surface area contributed by atoms with E-state index in [-0.39, 0.29) is 12.1 Å². The zero-order valence-corrected chi connectivity index (χ0v) is 13.6. The molecule has 116 valence electrons. The van der Waals surface area contributed by atoms with Gasteiger partial charge in [0, 0.05) is 31.9 Å². The molecule has 0 aromatic carbocycles. The van der Waals surface area contributed by atoms with Crippen LogP contribution in [-0.2, 0) is 4.74 Å². The van der Waals surface area contributed by atoms with Crippen LogP contribution in [0, 0.1) is 6.92 Å². The van der Waals surface area contributed by atoms with Crippen molar-refractivity contribution in [2.24, 2.45) is 0 Å². The van der Waals surface area contributed by atoms with Gasteiger partial charge in [-0.15, -0.1) is 0 Å². The molecule has 0 saturated carbocycles. The van der Waals surface area contributed by atoms with E-state index >= 15 is 0 Å². The third kappa shape index (κ3) is 4.09. The molecule has 2 rings (SSSR count). The quantitative estimate of drug-likeness (QED) is 0.798. The van der Waals surface area contributed by atoms with Crippen molar-refractivity contribution in [2.75, 3.05) is 24.5 Å². The third-order valence-corrected chi connectivity index (χ3v) is 3.48. The van der Waals surface area contributed by atoms with Crippen LogP contribution >= 0.6 is 0 Å². The fourth-order valence-electron chi connectivity index (χ4n) is 2.45. The van der Waals surface area contributed by atoms with Crippen molar-refractivity contribution in [3.05, 3.63) is 23.9 Å². The number of hydrogen-bond acceptors (Lipinski definition) is 4. The SMILES string of the molecule is Cc1ccnc(N2CCN(C(=O)OC(C)(C)C)[C@H](C)C2)c1. The van der Waals surface area contributed by atoms with Crippen LogP contribution in [0.4, 0.5) is 10.6 Å². The van der Waals surface area contributed by atoms with Crippen LogP contribution in [-0.4, -0.2) is 47.3 Å². The number of nitrogens with zero attached hydrogens (tertiary/aromatic N) is 3. The summed E-state index contributed by atoms with van der Waals surface area (Å²) < 4.78 is 5.46. The first-order valence-electron chi connectivity index (χ1n) is 7.43. The van der Waals surface area contributed by atoms with Gasteiger partial charge in [-0.2, -0.15) is 0 Å². The van der Waals surface area contributed by atoms with E-state index < -0.39 is 5.60 Å². The van der Waals surface area contributed by atoms with E-state index in [4.69, 9.17) is 4.74 Å². The Bertz CT molecular complexity index is 510. The number of carbonyl (C=O) groups excluding carboxylic acids is 1. The Kier molecular flexibility index (Phi) is 4.40. The summed E-state index contributed by atoms with van der Waals surface area (Å²) in [5.41, 5.74) is 0.744. The molecule has 0 unspecified atom stereocenters. The topological polar surface area (TPSA) is 45.7 Å². The van der Waals surface area contributed by atoms with Gasteiger partial charge in [0.15, 0.2) is 0 Å². The van der Waals surface area contributed by atoms with Crippen molar-refractivity contribution in [3.63, 3.8) is 0 Å². The van der Waals surface area contributed by atoms with Gasteiger partial charge in [-0.05, 0) is 52.3 Å². The lowest BCUT2D eigenvalue weighted by Gasteiger charge is -2.40. The van der Waals surface area contributed by atoms with Crippen LogP contribution in [0.3, 0.4) is 0 Å². The fraction of sp³-hybridized carbons (Fsp3) is 0.625. The number of hydrogen-bond donors (Lipinski definition) is 0. The molecule has 1 saturated heterocycles. The van der Waals surface area contributed by atoms with Crippen molar-refractivity contribution in [1.82, 2.24) is 9.88 Å². The molecule has 0 spiro atoms. The van der Waals surface area contributed by atoms with Crippen molar-refractivity contribution >= 4 is 11.9 Å². The molecule has 21 heavy (non-hydrogen) atoms. The van der Waals surface area contributed by atoms with Gasteiger partial charge in [0.1, 0.15) is 11.4 Å². The first-order chi connectivity index (χ1) is 9.76. The molecule has 1 fully saturated rings. The number of aromatic nitrogens is 1. The van der Waals surface area contributed by atoms with Crippen LogP contribution in [0.15, 0.2) is 18.3 Å². The van der Waals surface area contributed by atoms with E-state index in [0.29, 0.717) is 6.54 Å². The predicted molar refractivity (Wildman–Crippen MR) is 83.6 cm³/mol. The highest BCUT2D eigenvalue weighted by Gasteiger charge is 2.31. The molecule has 1 aromatic rings. The summed E-state index contributed by atoms with van der Waals surface area (Å²) in [4.78, 5) is 20.6. The van der Waals surface area contributed by atoms with Gasteiger partial charge in [-0.3, -0.25) is 0 Å². The molecule has 1 aliphatic rings. The number of rotatable bonds is 1. The van der Waals surface area contributed by atoms with E-state index in [1.54, 1.807) is 4.90 Å². The number of pyridine rings is 1. The molecule has 1 atom stereocenters. The number of amides is 1. The second-order valence-electron chi connectivity index (χ2n) is 6.66. The Morgan fingerprint density at radius 1 is 1.38 bits per heavy atom. The van der Waals surface area contributed by atoms with Gasteiger partial charge < -0.3 is 14.5 Å². The molecule has 0 N–H and O–H groups in total. The summed E-state index contributed by atoms with van der Waals surface area (Å²) in [7, 11) is 0. The zero-order valence-electron chi connectivity index (χ0n) is 13.6. The molecule has 2 heterocycles. The molecular weight excluding hydrogens is 266 g/mol. The van der Waals surface area contributed by atoms with Crippen LogP contribution in [0.25, 0.3) is 0 Å². The summed E-state index contributed by atoms with van der Waals surface area (Å²) in [6.07, 6.45) is 1.60. The van der Waals surface area contributed by atoms with Gasteiger partial charge in [-0.1, -0.05) is 0 Å². The van der Waals surface area contributed by atoms with Crippen LogP contribution < -0.4 is 4.90 Å². The van der Waals surface area contributed by atoms with Gasteiger partial charge in [0.25, 0.3) is 0 Å². The van der Waals surface area contributed by atoms with Crippen molar-refractivity contribution in [3.8, 4) is 0 Å². The second kappa shape index (κ2) is 5.92. The fourth-order valence-corrected chi connectivity index (χ4v) is 2.45. The predicted octanol–water partition coefficient (Wildman–Crippen LogP) is 2.84. The Morgan fingerprint density at radius 2 is 2.10 bits per heavy atom. The minimum atomic E-state index is -0.452. The first-order valence-corrected chi connectivity index (χ1v) is 7.43. The molecule has 0 radical (unpaired) electrons. The monoisotopic (exact) mass is 291 g/mol. The molecule has 1 aliphatic heterocycles. The molecule has 5 nitrogen and oxygen atoms in total. The Morgan fingerprint density at radius 3 is 2.67 bits per heavy atom. The number of piperazine rings is 1. The Balaban J connectivity index is 2.01. The maximum absolute atomic E-state index is 12.2. The largest absolute Gasteiger partial charge is 0.444 e. The molecule has 5 heteroatoms. The summed E-state index contributed by atoms with van der Waals surface area (Å²) in [5.74, 6) is 0.977. The smallest absolute Gasteiger partial charge is 0.410 e. The van der Waals surface area contributed by atoms with E-state index in [1.807, 2.05) is 40.0 Å². The van der Waals surface area contributed by atoms with E-state index in [1.165, 1.54) is 5.56 Å². The standard InChI is InChI=1S/C16H25N3O2/c1-12-6-7-17-14(10-12)18-8-9-19(13(2)11-18)15(20)21-16(3,4)5/h6-7,10,13H,8-9,11H2,1-5H3/t13-/m1/s1. The summed E-state index contributed by atoms with van der Waals surface area (Å²) in [5, 5.41) is 0. The van der Waals surface area contributed by atoms with Gasteiger partial charge in [0.05, 0.1) is 0 Å². The first kappa shape index (κ1) is 15.6. The maximum atomic E-state index is 12.2. The maximum Gasteiger partial charge on any atom is 0.410 e. The molecular formula is C16H25N3O2. The normalized spacial score (nSPS) is 19.6. The average molecular weight is 291 g/mol. The highest BCUT2D eigenvalue weighted by Crippen LogP contribution is 2.20. The van der Waals surface area contributed by atoms with Crippen molar-refractivity contribution in [2.45, 2.75) is 46.3 Å². The highest BCUT2D eigenvalue weighted by molar-refractivity contribution is 5.69. The summed E-state index contributed by atoms with van der Waals surface area (Å²) in [6.45, 7) is 12.0. The second-order valence-corrected chi connectivity index (χ2v) is 6.66. The molecule has 0 aliphatic carbocycles. The molecule has 1 aromatic heterocycles. The van der Waals surface area contributed by atoms with Crippen LogP contribution in [0.2, 0.25) is 0 Å². The lowest BCUT2D eigenvalue weighted by molar-refractivity contribution is 0.0158. The van der Waals surface area contributed by atoms with Crippen molar-refractivity contribution in [1.29, 1.82) is 0 Å². The van der Waals surface area contributed by atoms with Gasteiger partial charge >= 0.3 is 6.09 Å². The number of carbonyl (C=O) groups is 1. The minimum absolute atomic E-state index is 0.107. The summed E-state index contributed by atoms with van der Waals surface area (Å²) >= 11 is 0. The van der Waals surface area contributed by atoms with E-state index in [0.717, 1.165) is 18.9 Å². The van der Waals surface area contributed by atoms with Gasteiger partial charge in [-0.25, -0.2) is 9.78 Å².